The SMILES string of the molecule is CCNc1ncc(Br)cc1C(=O)Nc1ccncc1. The molecule has 1 amide bonds. The molecule has 0 aliphatic heterocycles. The van der Waals surface area contributed by atoms with Crippen LogP contribution in [0.4, 0.5) is 11.5 Å². The zero-order valence-corrected chi connectivity index (χ0v) is 11.9. The minimum atomic E-state index is -0.212. The van der Waals surface area contributed by atoms with Gasteiger partial charge in [-0.15, -0.1) is 0 Å². The summed E-state index contributed by atoms with van der Waals surface area (Å²) in [7, 11) is 0. The van der Waals surface area contributed by atoms with Crippen molar-refractivity contribution in [2.45, 2.75) is 6.92 Å². The molecule has 0 bridgehead atoms. The molecule has 19 heavy (non-hydrogen) atoms. The topological polar surface area (TPSA) is 66.9 Å². The number of amides is 1. The molecule has 0 saturated heterocycles. The van der Waals surface area contributed by atoms with Gasteiger partial charge in [0.05, 0.1) is 5.56 Å². The Labute approximate surface area is 119 Å². The Bertz CT molecular complexity index is 574. The van der Waals surface area contributed by atoms with Gasteiger partial charge < -0.3 is 10.6 Å². The third kappa shape index (κ3) is 3.51. The lowest BCUT2D eigenvalue weighted by Gasteiger charge is -2.10. The summed E-state index contributed by atoms with van der Waals surface area (Å²) in [6.45, 7) is 2.65. The molecule has 2 aromatic heterocycles. The van der Waals surface area contributed by atoms with E-state index in [1.54, 1.807) is 36.8 Å². The van der Waals surface area contributed by atoms with Crippen LogP contribution in [0.1, 0.15) is 17.3 Å². The molecule has 0 aromatic carbocycles. The number of halogens is 1. The molecule has 2 N–H and O–H groups in total. The van der Waals surface area contributed by atoms with Gasteiger partial charge in [0.15, 0.2) is 0 Å². The highest BCUT2D eigenvalue weighted by atomic mass is 79.9. The van der Waals surface area contributed by atoms with Gasteiger partial charge in [0, 0.05) is 35.3 Å². The van der Waals surface area contributed by atoms with E-state index < -0.39 is 0 Å². The van der Waals surface area contributed by atoms with E-state index in [1.807, 2.05) is 6.92 Å². The minimum Gasteiger partial charge on any atom is -0.370 e. The number of rotatable bonds is 4. The second kappa shape index (κ2) is 6.29. The average Bonchev–Trinajstić information content (AvgIpc) is 2.42. The summed E-state index contributed by atoms with van der Waals surface area (Å²) < 4.78 is 0.758. The number of carbonyl (C=O) groups is 1. The van der Waals surface area contributed by atoms with Crippen LogP contribution in [0, 0.1) is 0 Å². The number of pyridine rings is 2. The number of hydrogen-bond acceptors (Lipinski definition) is 4. The maximum Gasteiger partial charge on any atom is 0.259 e. The van der Waals surface area contributed by atoms with Gasteiger partial charge in [0.1, 0.15) is 5.82 Å². The van der Waals surface area contributed by atoms with E-state index in [2.05, 4.69) is 36.5 Å². The summed E-state index contributed by atoms with van der Waals surface area (Å²) in [6, 6.07) is 5.20. The van der Waals surface area contributed by atoms with E-state index in [4.69, 9.17) is 0 Å². The summed E-state index contributed by atoms with van der Waals surface area (Å²) >= 11 is 3.32. The first kappa shape index (κ1) is 13.5. The Morgan fingerprint density at radius 1 is 1.37 bits per heavy atom. The molecule has 2 aromatic rings. The van der Waals surface area contributed by atoms with Gasteiger partial charge in [-0.1, -0.05) is 0 Å². The molecule has 0 aliphatic rings. The number of nitrogens with one attached hydrogen (secondary N) is 2. The lowest BCUT2D eigenvalue weighted by molar-refractivity contribution is 0.102. The van der Waals surface area contributed by atoms with Crippen LogP contribution in [-0.2, 0) is 0 Å². The first-order valence-corrected chi connectivity index (χ1v) is 6.61. The summed E-state index contributed by atoms with van der Waals surface area (Å²) in [4.78, 5) is 20.3. The van der Waals surface area contributed by atoms with Gasteiger partial charge in [0.2, 0.25) is 0 Å². The molecule has 5 nitrogen and oxygen atoms in total. The predicted octanol–water partition coefficient (Wildman–Crippen LogP) is 2.92. The van der Waals surface area contributed by atoms with E-state index in [0.717, 1.165) is 4.47 Å². The van der Waals surface area contributed by atoms with Crippen molar-refractivity contribution in [3.05, 3.63) is 46.8 Å². The summed E-state index contributed by atoms with van der Waals surface area (Å²) in [5, 5.41) is 5.87. The number of hydrogen-bond donors (Lipinski definition) is 2. The molecule has 2 rings (SSSR count). The van der Waals surface area contributed by atoms with Crippen molar-refractivity contribution in [3.8, 4) is 0 Å². The highest BCUT2D eigenvalue weighted by Crippen LogP contribution is 2.19. The monoisotopic (exact) mass is 320 g/mol. The number of anilines is 2. The van der Waals surface area contributed by atoms with Crippen LogP contribution in [0.2, 0.25) is 0 Å². The molecular formula is C13H13BrN4O. The second-order valence-corrected chi connectivity index (χ2v) is 4.69. The lowest BCUT2D eigenvalue weighted by atomic mass is 10.2. The molecule has 6 heteroatoms. The van der Waals surface area contributed by atoms with Crippen molar-refractivity contribution in [2.75, 3.05) is 17.2 Å². The normalized spacial score (nSPS) is 10.0. The average molecular weight is 321 g/mol. The van der Waals surface area contributed by atoms with Gasteiger partial charge in [-0.2, -0.15) is 0 Å². The Hall–Kier alpha value is -1.95. The van der Waals surface area contributed by atoms with E-state index in [0.29, 0.717) is 23.6 Å². The van der Waals surface area contributed by atoms with E-state index in [9.17, 15) is 4.79 Å². The molecule has 0 aliphatic carbocycles. The van der Waals surface area contributed by atoms with Crippen LogP contribution in [0.15, 0.2) is 41.3 Å². The quantitative estimate of drug-likeness (QED) is 0.909. The summed E-state index contributed by atoms with van der Waals surface area (Å²) in [6.07, 6.45) is 4.90. The molecule has 0 fully saturated rings. The van der Waals surface area contributed by atoms with Crippen LogP contribution < -0.4 is 10.6 Å². The fourth-order valence-corrected chi connectivity index (χ4v) is 1.89. The first-order valence-electron chi connectivity index (χ1n) is 5.81. The van der Waals surface area contributed by atoms with Gasteiger partial charge in [-0.05, 0) is 41.1 Å². The Morgan fingerprint density at radius 2 is 2.11 bits per heavy atom. The zero-order chi connectivity index (χ0) is 13.7. The van der Waals surface area contributed by atoms with Gasteiger partial charge in [0.25, 0.3) is 5.91 Å². The van der Waals surface area contributed by atoms with Crippen LogP contribution in [0.25, 0.3) is 0 Å². The largest absolute Gasteiger partial charge is 0.370 e. The van der Waals surface area contributed by atoms with Crippen molar-refractivity contribution < 1.29 is 4.79 Å². The van der Waals surface area contributed by atoms with Gasteiger partial charge in [-0.25, -0.2) is 4.98 Å². The van der Waals surface area contributed by atoms with E-state index in [-0.39, 0.29) is 5.91 Å². The predicted molar refractivity (Wildman–Crippen MR) is 78.3 cm³/mol. The highest BCUT2D eigenvalue weighted by molar-refractivity contribution is 9.10. The van der Waals surface area contributed by atoms with Gasteiger partial charge in [-0.3, -0.25) is 9.78 Å². The second-order valence-electron chi connectivity index (χ2n) is 3.77. The van der Waals surface area contributed by atoms with Crippen molar-refractivity contribution in [1.29, 1.82) is 0 Å². The molecule has 98 valence electrons. The van der Waals surface area contributed by atoms with Crippen molar-refractivity contribution >= 4 is 33.3 Å². The molecule has 2 heterocycles. The lowest BCUT2D eigenvalue weighted by Crippen LogP contribution is -2.15. The smallest absolute Gasteiger partial charge is 0.259 e. The fraction of sp³-hybridized carbons (Fsp3) is 0.154. The fourth-order valence-electron chi connectivity index (χ4n) is 1.55. The molecule has 0 saturated carbocycles. The third-order valence-electron chi connectivity index (χ3n) is 2.38. The summed E-state index contributed by atoms with van der Waals surface area (Å²) in [5.41, 5.74) is 1.19. The highest BCUT2D eigenvalue weighted by Gasteiger charge is 2.13. The van der Waals surface area contributed by atoms with Crippen LogP contribution in [0.3, 0.4) is 0 Å². The number of nitrogens with zero attached hydrogens (tertiary/aromatic N) is 2. The number of carbonyl (C=O) groups excluding carboxylic acids is 1. The Balaban J connectivity index is 2.25. The van der Waals surface area contributed by atoms with Gasteiger partial charge >= 0.3 is 0 Å². The Kier molecular flexibility index (Phi) is 4.46. The van der Waals surface area contributed by atoms with Crippen LogP contribution in [-0.4, -0.2) is 22.4 Å². The molecule has 0 spiro atoms. The number of aromatic nitrogens is 2. The molecule has 0 unspecified atom stereocenters. The maximum absolute atomic E-state index is 12.2. The molecular weight excluding hydrogens is 308 g/mol. The van der Waals surface area contributed by atoms with E-state index >= 15 is 0 Å². The maximum atomic E-state index is 12.2. The minimum absolute atomic E-state index is 0.212. The van der Waals surface area contributed by atoms with E-state index in [1.165, 1.54) is 0 Å². The Morgan fingerprint density at radius 3 is 2.79 bits per heavy atom. The van der Waals surface area contributed by atoms with Crippen LogP contribution in [0.5, 0.6) is 0 Å². The van der Waals surface area contributed by atoms with Crippen molar-refractivity contribution in [1.82, 2.24) is 9.97 Å². The van der Waals surface area contributed by atoms with Crippen molar-refractivity contribution in [3.63, 3.8) is 0 Å². The molecule has 0 radical (unpaired) electrons. The van der Waals surface area contributed by atoms with Crippen molar-refractivity contribution in [2.24, 2.45) is 0 Å². The van der Waals surface area contributed by atoms with Crippen LogP contribution >= 0.6 is 15.9 Å². The zero-order valence-electron chi connectivity index (χ0n) is 10.4. The summed E-state index contributed by atoms with van der Waals surface area (Å²) in [5.74, 6) is 0.355. The standard InChI is InChI=1S/C13H13BrN4O/c1-2-16-12-11(7-9(14)8-17-12)13(19)18-10-3-5-15-6-4-10/h3-8H,2H2,1H3,(H,16,17)(H,15,18,19). The molecule has 0 atom stereocenters. The third-order valence-corrected chi connectivity index (χ3v) is 2.82. The first-order chi connectivity index (χ1) is 9.20.